The third kappa shape index (κ3) is 13.7. The zero-order valence-electron chi connectivity index (χ0n) is 25.9. The molecule has 0 aliphatic heterocycles. The molecule has 48 heavy (non-hydrogen) atoms. The molecule has 0 aliphatic rings. The smallest absolute Gasteiger partial charge is 0.330 e. The van der Waals surface area contributed by atoms with Gasteiger partial charge in [0.1, 0.15) is 37.9 Å². The van der Waals surface area contributed by atoms with Crippen molar-refractivity contribution < 1.29 is 47.6 Å². The summed E-state index contributed by atoms with van der Waals surface area (Å²) in [6.07, 6.45) is 2.46. The number of hydrogen-bond acceptors (Lipinski definition) is 12. The normalized spacial score (nSPS) is 11.5. The molecule has 0 aromatic heterocycles. The van der Waals surface area contributed by atoms with Crippen LogP contribution in [0.4, 0.5) is 0 Å². The summed E-state index contributed by atoms with van der Waals surface area (Å²) in [4.78, 5) is 50.0. The summed E-state index contributed by atoms with van der Waals surface area (Å²) >= 11 is 3.17. The van der Waals surface area contributed by atoms with Gasteiger partial charge < -0.3 is 28.4 Å². The van der Waals surface area contributed by atoms with Gasteiger partial charge in [0.2, 0.25) is 0 Å². The lowest BCUT2D eigenvalue weighted by atomic mass is 10.3. The standard InChI is InChI=1S/C36H34O10S2/c1-5-33(37)43-23-27(45-35(39)7-3)21-41-25-9-13-29(14-10-25)47-31-17-19-32(20-18-31)48-30-15-11-26(12-16-30)42-22-28(46-36(40)8-4)24-44-34(38)6-2/h5-20,27-28H,1-4,21-24H2. The predicted octanol–water partition coefficient (Wildman–Crippen LogP) is 6.40. The van der Waals surface area contributed by atoms with Gasteiger partial charge in [0.05, 0.1) is 0 Å². The van der Waals surface area contributed by atoms with Gasteiger partial charge in [-0.05, 0) is 72.8 Å². The summed E-state index contributed by atoms with van der Waals surface area (Å²) < 4.78 is 31.8. The summed E-state index contributed by atoms with van der Waals surface area (Å²) in [6.45, 7) is 13.0. The van der Waals surface area contributed by atoms with Crippen molar-refractivity contribution in [1.29, 1.82) is 0 Å². The average Bonchev–Trinajstić information content (AvgIpc) is 3.11. The fourth-order valence-electron chi connectivity index (χ4n) is 3.56. The SMILES string of the molecule is C=CC(=O)OCC(COc1ccc(Sc2ccc(Sc3ccc(OCC(COC(=O)C=C)OC(=O)C=C)cc3)cc2)cc1)OC(=O)C=C. The van der Waals surface area contributed by atoms with Crippen LogP contribution in [0.25, 0.3) is 0 Å². The molecule has 3 rings (SSSR count). The van der Waals surface area contributed by atoms with Gasteiger partial charge in [-0.3, -0.25) is 0 Å². The van der Waals surface area contributed by atoms with E-state index in [1.165, 1.54) is 0 Å². The van der Waals surface area contributed by atoms with Gasteiger partial charge in [0.25, 0.3) is 0 Å². The maximum absolute atomic E-state index is 11.6. The lowest BCUT2D eigenvalue weighted by Gasteiger charge is -2.17. The van der Waals surface area contributed by atoms with Gasteiger partial charge in [-0.1, -0.05) is 49.8 Å². The molecule has 0 fully saturated rings. The lowest BCUT2D eigenvalue weighted by molar-refractivity contribution is -0.154. The molecule has 0 bridgehead atoms. The molecule has 3 aromatic rings. The third-order valence-electron chi connectivity index (χ3n) is 5.87. The van der Waals surface area contributed by atoms with E-state index >= 15 is 0 Å². The molecule has 12 heteroatoms. The second kappa shape index (κ2) is 20.1. The highest BCUT2D eigenvalue weighted by Gasteiger charge is 2.17. The van der Waals surface area contributed by atoms with Crippen molar-refractivity contribution in [3.05, 3.63) is 123 Å². The molecule has 0 heterocycles. The van der Waals surface area contributed by atoms with E-state index in [2.05, 4.69) is 26.3 Å². The molecule has 0 radical (unpaired) electrons. The van der Waals surface area contributed by atoms with Crippen LogP contribution in [0, 0.1) is 0 Å². The maximum Gasteiger partial charge on any atom is 0.330 e. The van der Waals surface area contributed by atoms with E-state index in [9.17, 15) is 19.2 Å². The topological polar surface area (TPSA) is 124 Å². The van der Waals surface area contributed by atoms with Crippen molar-refractivity contribution in [3.8, 4) is 11.5 Å². The van der Waals surface area contributed by atoms with E-state index in [1.54, 1.807) is 47.8 Å². The fraction of sp³-hybridized carbons (Fsp3) is 0.167. The maximum atomic E-state index is 11.6. The number of ether oxygens (including phenoxy) is 6. The van der Waals surface area contributed by atoms with Crippen molar-refractivity contribution in [2.24, 2.45) is 0 Å². The molecule has 0 amide bonds. The zero-order chi connectivity index (χ0) is 34.7. The van der Waals surface area contributed by atoms with E-state index < -0.39 is 36.1 Å². The summed E-state index contributed by atoms with van der Waals surface area (Å²) in [6, 6.07) is 23.0. The first kappa shape index (κ1) is 37.3. The molecule has 10 nitrogen and oxygen atoms in total. The highest BCUT2D eigenvalue weighted by atomic mass is 32.2. The number of carbonyl (C=O) groups excluding carboxylic acids is 4. The summed E-state index contributed by atoms with van der Waals surface area (Å²) in [5.41, 5.74) is 0. The third-order valence-corrected chi connectivity index (χ3v) is 7.90. The van der Waals surface area contributed by atoms with Crippen molar-refractivity contribution in [3.63, 3.8) is 0 Å². The van der Waals surface area contributed by atoms with Crippen LogP contribution < -0.4 is 9.47 Å². The Morgan fingerprint density at radius 3 is 1.06 bits per heavy atom. The number of benzene rings is 3. The number of rotatable bonds is 20. The Labute approximate surface area is 287 Å². The first-order valence-corrected chi connectivity index (χ1v) is 16.0. The Bertz CT molecular complexity index is 1450. The quantitative estimate of drug-likeness (QED) is 0.0740. The molecule has 0 saturated carbocycles. The molecule has 0 aliphatic carbocycles. The Hall–Kier alpha value is -5.20. The fourth-order valence-corrected chi connectivity index (χ4v) is 5.19. The van der Waals surface area contributed by atoms with Crippen LogP contribution >= 0.6 is 23.5 Å². The molecule has 0 N–H and O–H groups in total. The Morgan fingerprint density at radius 2 is 0.771 bits per heavy atom. The van der Waals surface area contributed by atoms with Gasteiger partial charge in [0, 0.05) is 43.9 Å². The first-order valence-electron chi connectivity index (χ1n) is 14.4. The van der Waals surface area contributed by atoms with Crippen LogP contribution in [0.5, 0.6) is 11.5 Å². The minimum atomic E-state index is -0.813. The summed E-state index contributed by atoms with van der Waals surface area (Å²) in [5.74, 6) is -1.45. The zero-order valence-corrected chi connectivity index (χ0v) is 27.6. The van der Waals surface area contributed by atoms with Gasteiger partial charge in [0.15, 0.2) is 12.2 Å². The molecule has 2 unspecified atom stereocenters. The van der Waals surface area contributed by atoms with Crippen molar-refractivity contribution in [2.45, 2.75) is 31.8 Å². The van der Waals surface area contributed by atoms with Crippen LogP contribution in [-0.4, -0.2) is 62.5 Å². The van der Waals surface area contributed by atoms with Gasteiger partial charge in [-0.15, -0.1) is 0 Å². The minimum absolute atomic E-state index is 0.0198. The van der Waals surface area contributed by atoms with Crippen LogP contribution in [0.1, 0.15) is 0 Å². The largest absolute Gasteiger partial charge is 0.490 e. The number of esters is 4. The van der Waals surface area contributed by atoms with Crippen molar-refractivity contribution in [1.82, 2.24) is 0 Å². The van der Waals surface area contributed by atoms with E-state index in [0.29, 0.717) is 11.5 Å². The second-order valence-electron chi connectivity index (χ2n) is 9.43. The van der Waals surface area contributed by atoms with E-state index in [0.717, 1.165) is 43.9 Å². The van der Waals surface area contributed by atoms with Crippen LogP contribution in [0.15, 0.2) is 143 Å². The Balaban J connectivity index is 1.48. The highest BCUT2D eigenvalue weighted by Crippen LogP contribution is 2.33. The monoisotopic (exact) mass is 690 g/mol. The van der Waals surface area contributed by atoms with Gasteiger partial charge in [-0.2, -0.15) is 0 Å². The summed E-state index contributed by atoms with van der Waals surface area (Å²) in [7, 11) is 0. The first-order chi connectivity index (χ1) is 23.2. The Kier molecular flexibility index (Phi) is 15.6. The van der Waals surface area contributed by atoms with Crippen molar-refractivity contribution in [2.75, 3.05) is 26.4 Å². The molecular weight excluding hydrogens is 657 g/mol. The van der Waals surface area contributed by atoms with Crippen LogP contribution in [0.2, 0.25) is 0 Å². The van der Waals surface area contributed by atoms with Crippen molar-refractivity contribution >= 4 is 47.4 Å². The molecular formula is C36H34O10S2. The predicted molar refractivity (Wildman–Crippen MR) is 181 cm³/mol. The number of hydrogen-bond donors (Lipinski definition) is 0. The van der Waals surface area contributed by atoms with Crippen LogP contribution in [0.3, 0.4) is 0 Å². The molecule has 3 aromatic carbocycles. The molecule has 2 atom stereocenters. The van der Waals surface area contributed by atoms with E-state index in [1.807, 2.05) is 48.5 Å². The number of carbonyl (C=O) groups is 4. The Morgan fingerprint density at radius 1 is 0.479 bits per heavy atom. The highest BCUT2D eigenvalue weighted by molar-refractivity contribution is 7.99. The van der Waals surface area contributed by atoms with Gasteiger partial charge >= 0.3 is 23.9 Å². The summed E-state index contributed by atoms with van der Waals surface area (Å²) in [5, 5.41) is 0. The molecule has 250 valence electrons. The van der Waals surface area contributed by atoms with E-state index in [-0.39, 0.29) is 26.4 Å². The second-order valence-corrected chi connectivity index (χ2v) is 11.7. The van der Waals surface area contributed by atoms with Crippen LogP contribution in [-0.2, 0) is 38.1 Å². The lowest BCUT2D eigenvalue weighted by Crippen LogP contribution is -2.30. The molecule has 0 saturated heterocycles. The minimum Gasteiger partial charge on any atom is -0.490 e. The van der Waals surface area contributed by atoms with Gasteiger partial charge in [-0.25, -0.2) is 19.2 Å². The van der Waals surface area contributed by atoms with E-state index in [4.69, 9.17) is 28.4 Å². The molecule has 0 spiro atoms. The average molecular weight is 691 g/mol.